The smallest absolute Gasteiger partial charge is 0.548 e. The van der Waals surface area contributed by atoms with E-state index >= 15 is 0 Å². The van der Waals surface area contributed by atoms with Crippen molar-refractivity contribution in [1.29, 1.82) is 0 Å². The normalized spacial score (nSPS) is 35.9. The van der Waals surface area contributed by atoms with Gasteiger partial charge in [-0.25, -0.2) is 0 Å². The van der Waals surface area contributed by atoms with Gasteiger partial charge in [0.2, 0.25) is 0 Å². The molecule has 100 valence electrons. The van der Waals surface area contributed by atoms with E-state index in [2.05, 4.69) is 0 Å². The van der Waals surface area contributed by atoms with Gasteiger partial charge in [0.15, 0.2) is 6.29 Å². The van der Waals surface area contributed by atoms with Crippen molar-refractivity contribution in [2.24, 2.45) is 5.92 Å². The fraction of sp³-hybridized carbons (Fsp3) is 0.900. The Balaban J connectivity index is 0.00000289. The third-order valence-corrected chi connectivity index (χ3v) is 2.80. The molecular formula is C10H17NaO7. The Bertz CT molecular complexity index is 261. The molecule has 0 aromatic heterocycles. The Morgan fingerprint density at radius 1 is 1.39 bits per heavy atom. The molecular weight excluding hydrogens is 255 g/mol. The summed E-state index contributed by atoms with van der Waals surface area (Å²) in [7, 11) is 1.34. The Hall–Kier alpha value is 0.270. The molecule has 1 fully saturated rings. The van der Waals surface area contributed by atoms with Crippen LogP contribution in [-0.2, 0) is 19.0 Å². The number of rotatable bonds is 5. The van der Waals surface area contributed by atoms with E-state index in [1.807, 2.05) is 0 Å². The standard InChI is InChI=1S/C10H18O7.Na/c1-5-6(3-16-4-7(11)12)17-10(15-2)9(14)8(5)13;/h5-6,8-10,13-14H,3-4H2,1-2H3,(H,11,12);/q;+1/p-1/t5?,6?,8-,9?,10-;/m0./s1. The van der Waals surface area contributed by atoms with Crippen LogP contribution >= 0.6 is 0 Å². The van der Waals surface area contributed by atoms with E-state index in [0.717, 1.165) is 0 Å². The number of aliphatic carboxylic acids is 1. The van der Waals surface area contributed by atoms with Gasteiger partial charge in [-0.1, -0.05) is 6.92 Å². The number of carboxylic acid groups (broad SMARTS) is 1. The fourth-order valence-corrected chi connectivity index (χ4v) is 1.71. The van der Waals surface area contributed by atoms with Crippen molar-refractivity contribution in [2.45, 2.75) is 31.5 Å². The molecule has 0 aromatic rings. The number of hydrogen-bond acceptors (Lipinski definition) is 7. The summed E-state index contributed by atoms with van der Waals surface area (Å²) in [5.74, 6) is -1.71. The summed E-state index contributed by atoms with van der Waals surface area (Å²) in [6.07, 6.45) is -3.63. The minimum Gasteiger partial charge on any atom is -0.548 e. The van der Waals surface area contributed by atoms with Crippen molar-refractivity contribution in [3.8, 4) is 0 Å². The average Bonchev–Trinajstić information content (AvgIpc) is 2.29. The van der Waals surface area contributed by atoms with Crippen LogP contribution in [0.5, 0.6) is 0 Å². The van der Waals surface area contributed by atoms with Crippen molar-refractivity contribution in [1.82, 2.24) is 0 Å². The summed E-state index contributed by atoms with van der Waals surface area (Å²) in [4.78, 5) is 10.2. The maximum atomic E-state index is 10.2. The zero-order chi connectivity index (χ0) is 13.0. The molecule has 0 aromatic carbocycles. The minimum absolute atomic E-state index is 0. The Labute approximate surface area is 127 Å². The second-order valence-electron chi connectivity index (χ2n) is 4.01. The van der Waals surface area contributed by atoms with Gasteiger partial charge < -0.3 is 34.3 Å². The van der Waals surface area contributed by atoms with Gasteiger partial charge in [0.05, 0.1) is 31.4 Å². The molecule has 0 amide bonds. The Kier molecular flexibility index (Phi) is 8.57. The van der Waals surface area contributed by atoms with Crippen LogP contribution in [0.4, 0.5) is 0 Å². The molecule has 8 heteroatoms. The SMILES string of the molecule is CO[C@H]1OC(COCC(=O)[O-])C(C)[C@H](O)C1O.[Na+]. The third-order valence-electron chi connectivity index (χ3n) is 2.80. The van der Waals surface area contributed by atoms with Crippen LogP contribution in [0.25, 0.3) is 0 Å². The minimum atomic E-state index is -1.32. The van der Waals surface area contributed by atoms with E-state index < -0.39 is 43.1 Å². The molecule has 1 aliphatic rings. The van der Waals surface area contributed by atoms with Gasteiger partial charge in [-0.3, -0.25) is 0 Å². The number of aliphatic hydroxyl groups is 2. The number of carbonyl (C=O) groups excluding carboxylic acids is 1. The van der Waals surface area contributed by atoms with Gasteiger partial charge in [0, 0.05) is 13.0 Å². The van der Waals surface area contributed by atoms with Crippen LogP contribution in [0.1, 0.15) is 6.92 Å². The van der Waals surface area contributed by atoms with E-state index in [0.29, 0.717) is 0 Å². The van der Waals surface area contributed by atoms with Gasteiger partial charge in [0.1, 0.15) is 6.10 Å². The molecule has 7 nitrogen and oxygen atoms in total. The molecule has 0 aliphatic carbocycles. The Morgan fingerprint density at radius 3 is 2.50 bits per heavy atom. The number of hydrogen-bond donors (Lipinski definition) is 2. The first-order chi connectivity index (χ1) is 7.97. The van der Waals surface area contributed by atoms with Gasteiger partial charge in [0.25, 0.3) is 0 Å². The average molecular weight is 272 g/mol. The monoisotopic (exact) mass is 272 g/mol. The van der Waals surface area contributed by atoms with Crippen molar-refractivity contribution < 1.29 is 63.9 Å². The van der Waals surface area contributed by atoms with E-state index in [9.17, 15) is 20.1 Å². The Morgan fingerprint density at radius 2 is 2.00 bits per heavy atom. The topological polar surface area (TPSA) is 108 Å². The number of aliphatic hydroxyl groups excluding tert-OH is 2. The van der Waals surface area contributed by atoms with Crippen LogP contribution in [0, 0.1) is 5.92 Å². The summed E-state index contributed by atoms with van der Waals surface area (Å²) >= 11 is 0. The molecule has 0 bridgehead atoms. The number of carboxylic acids is 1. The first-order valence-corrected chi connectivity index (χ1v) is 5.29. The molecule has 18 heavy (non-hydrogen) atoms. The zero-order valence-corrected chi connectivity index (χ0v) is 12.7. The van der Waals surface area contributed by atoms with Crippen LogP contribution in [0.2, 0.25) is 0 Å². The summed E-state index contributed by atoms with van der Waals surface area (Å²) in [5.41, 5.74) is 0. The van der Waals surface area contributed by atoms with Gasteiger partial charge in [-0.2, -0.15) is 0 Å². The van der Waals surface area contributed by atoms with Gasteiger partial charge in [-0.05, 0) is 0 Å². The van der Waals surface area contributed by atoms with Crippen LogP contribution in [-0.4, -0.2) is 61.1 Å². The molecule has 1 rings (SSSR count). The first kappa shape index (κ1) is 18.3. The maximum absolute atomic E-state index is 10.2. The quantitative estimate of drug-likeness (QED) is 0.480. The van der Waals surface area contributed by atoms with E-state index in [1.54, 1.807) is 6.92 Å². The molecule has 0 radical (unpaired) electrons. The fourth-order valence-electron chi connectivity index (χ4n) is 1.71. The zero-order valence-electron chi connectivity index (χ0n) is 10.7. The molecule has 5 atom stereocenters. The molecule has 2 N–H and O–H groups in total. The summed E-state index contributed by atoms with van der Waals surface area (Å²) < 4.78 is 15.1. The first-order valence-electron chi connectivity index (χ1n) is 5.29. The van der Waals surface area contributed by atoms with E-state index in [-0.39, 0.29) is 36.2 Å². The summed E-state index contributed by atoms with van der Waals surface area (Å²) in [6.45, 7) is 1.12. The summed E-state index contributed by atoms with van der Waals surface area (Å²) in [5, 5.41) is 29.5. The molecule has 0 spiro atoms. The second-order valence-corrected chi connectivity index (χ2v) is 4.01. The molecule has 1 saturated heterocycles. The maximum Gasteiger partial charge on any atom is 1.00 e. The van der Waals surface area contributed by atoms with Crippen molar-refractivity contribution >= 4 is 5.97 Å². The van der Waals surface area contributed by atoms with Crippen molar-refractivity contribution in [3.05, 3.63) is 0 Å². The van der Waals surface area contributed by atoms with E-state index in [1.165, 1.54) is 7.11 Å². The van der Waals surface area contributed by atoms with Crippen LogP contribution in [0.3, 0.4) is 0 Å². The molecule has 1 heterocycles. The molecule has 3 unspecified atom stereocenters. The van der Waals surface area contributed by atoms with Crippen LogP contribution < -0.4 is 34.7 Å². The van der Waals surface area contributed by atoms with Crippen molar-refractivity contribution in [3.63, 3.8) is 0 Å². The number of carbonyl (C=O) groups is 1. The van der Waals surface area contributed by atoms with Gasteiger partial charge >= 0.3 is 29.6 Å². The predicted molar refractivity (Wildman–Crippen MR) is 52.7 cm³/mol. The predicted octanol–water partition coefficient (Wildman–Crippen LogP) is -5.51. The summed E-state index contributed by atoms with van der Waals surface area (Å²) in [6, 6.07) is 0. The van der Waals surface area contributed by atoms with Gasteiger partial charge in [-0.15, -0.1) is 0 Å². The third kappa shape index (κ3) is 4.75. The second kappa shape index (κ2) is 8.44. The number of methoxy groups -OCH3 is 1. The van der Waals surface area contributed by atoms with Crippen LogP contribution in [0.15, 0.2) is 0 Å². The van der Waals surface area contributed by atoms with E-state index in [4.69, 9.17) is 14.2 Å². The van der Waals surface area contributed by atoms with Crippen molar-refractivity contribution in [2.75, 3.05) is 20.3 Å². The molecule has 1 aliphatic heterocycles. The largest absolute Gasteiger partial charge is 1.00 e. The molecule has 0 saturated carbocycles. The number of ether oxygens (including phenoxy) is 3.